The van der Waals surface area contributed by atoms with Crippen molar-refractivity contribution in [1.29, 1.82) is 0 Å². The molecule has 0 spiro atoms. The number of hydrogen-bond acceptors (Lipinski definition) is 3. The van der Waals surface area contributed by atoms with E-state index in [1.165, 1.54) is 0 Å². The second-order valence-electron chi connectivity index (χ2n) is 6.32. The van der Waals surface area contributed by atoms with E-state index in [9.17, 15) is 0 Å². The summed E-state index contributed by atoms with van der Waals surface area (Å²) in [5.41, 5.74) is 1.24. The molecule has 108 valence electrons. The maximum atomic E-state index is 4.43. The third kappa shape index (κ3) is 3.90. The van der Waals surface area contributed by atoms with E-state index in [2.05, 4.69) is 53.6 Å². The number of pyridine rings is 1. The van der Waals surface area contributed by atoms with Crippen molar-refractivity contribution in [1.82, 2.24) is 19.9 Å². The van der Waals surface area contributed by atoms with Gasteiger partial charge in [-0.15, -0.1) is 0 Å². The molecule has 0 aromatic carbocycles. The van der Waals surface area contributed by atoms with E-state index in [0.29, 0.717) is 6.04 Å². The van der Waals surface area contributed by atoms with Crippen LogP contribution in [0, 0.1) is 5.41 Å². The Morgan fingerprint density at radius 3 is 2.60 bits per heavy atom. The first-order chi connectivity index (χ1) is 9.47. The smallest absolute Gasteiger partial charge is 0.0946 e. The molecule has 2 heterocycles. The summed E-state index contributed by atoms with van der Waals surface area (Å²) in [6.45, 7) is 9.84. The highest BCUT2D eigenvalue weighted by atomic mass is 15.1. The van der Waals surface area contributed by atoms with E-state index in [1.54, 1.807) is 0 Å². The summed E-state index contributed by atoms with van der Waals surface area (Å²) in [4.78, 5) is 8.55. The first-order valence-electron chi connectivity index (χ1n) is 7.09. The molecule has 0 aliphatic heterocycles. The number of hydrogen-bond donors (Lipinski definition) is 1. The normalized spacial score (nSPS) is 15.0. The lowest BCUT2D eigenvalue weighted by Crippen LogP contribution is -2.44. The molecule has 4 nitrogen and oxygen atoms in total. The predicted octanol–water partition coefficient (Wildman–Crippen LogP) is 3.04. The zero-order chi connectivity index (χ0) is 14.6. The van der Waals surface area contributed by atoms with Gasteiger partial charge in [0.1, 0.15) is 0 Å². The average molecular weight is 272 g/mol. The van der Waals surface area contributed by atoms with E-state index in [4.69, 9.17) is 0 Å². The van der Waals surface area contributed by atoms with Crippen molar-refractivity contribution in [3.8, 4) is 0 Å². The van der Waals surface area contributed by atoms with Gasteiger partial charge in [-0.05, 0) is 24.5 Å². The largest absolute Gasteiger partial charge is 0.336 e. The van der Waals surface area contributed by atoms with Gasteiger partial charge in [0.15, 0.2) is 0 Å². The van der Waals surface area contributed by atoms with E-state index in [-0.39, 0.29) is 11.5 Å². The van der Waals surface area contributed by atoms with Crippen LogP contribution in [0.5, 0.6) is 0 Å². The van der Waals surface area contributed by atoms with Gasteiger partial charge < -0.3 is 9.88 Å². The highest BCUT2D eigenvalue weighted by molar-refractivity contribution is 5.08. The molecule has 2 atom stereocenters. The summed E-state index contributed by atoms with van der Waals surface area (Å²) in [5.74, 6) is 0. The highest BCUT2D eigenvalue weighted by Crippen LogP contribution is 2.23. The molecule has 0 bridgehead atoms. The first-order valence-corrected chi connectivity index (χ1v) is 7.09. The number of imidazole rings is 1. The van der Waals surface area contributed by atoms with Crippen LogP contribution in [0.4, 0.5) is 0 Å². The Balaban J connectivity index is 2.08. The number of nitrogens with zero attached hydrogens (tertiary/aromatic N) is 3. The Hall–Kier alpha value is -1.68. The molecule has 0 amide bonds. The zero-order valence-corrected chi connectivity index (χ0v) is 12.7. The molecule has 2 unspecified atom stereocenters. The summed E-state index contributed by atoms with van der Waals surface area (Å²) >= 11 is 0. The Kier molecular flexibility index (Phi) is 4.55. The number of nitrogens with one attached hydrogen (secondary N) is 1. The molecule has 2 aromatic rings. The fourth-order valence-corrected chi connectivity index (χ4v) is 2.20. The molecule has 0 aliphatic carbocycles. The van der Waals surface area contributed by atoms with Crippen molar-refractivity contribution in [2.75, 3.05) is 0 Å². The van der Waals surface area contributed by atoms with Crippen molar-refractivity contribution in [2.45, 2.75) is 46.3 Å². The molecule has 0 radical (unpaired) electrons. The van der Waals surface area contributed by atoms with Gasteiger partial charge in [0, 0.05) is 37.2 Å². The summed E-state index contributed by atoms with van der Waals surface area (Å²) in [6, 6.07) is 6.61. The lowest BCUT2D eigenvalue weighted by atomic mass is 9.86. The summed E-state index contributed by atoms with van der Waals surface area (Å²) in [6.07, 6.45) is 7.54. The quantitative estimate of drug-likeness (QED) is 0.909. The highest BCUT2D eigenvalue weighted by Gasteiger charge is 2.26. The van der Waals surface area contributed by atoms with Crippen molar-refractivity contribution in [3.63, 3.8) is 0 Å². The van der Waals surface area contributed by atoms with Crippen molar-refractivity contribution < 1.29 is 0 Å². The van der Waals surface area contributed by atoms with Gasteiger partial charge in [-0.3, -0.25) is 4.98 Å². The maximum Gasteiger partial charge on any atom is 0.0946 e. The summed E-state index contributed by atoms with van der Waals surface area (Å²) < 4.78 is 2.12. The molecule has 2 rings (SSSR count). The Labute approximate surface area is 121 Å². The van der Waals surface area contributed by atoms with Crippen molar-refractivity contribution in [2.24, 2.45) is 5.41 Å². The van der Waals surface area contributed by atoms with Gasteiger partial charge in [-0.25, -0.2) is 4.98 Å². The molecular weight excluding hydrogens is 248 g/mol. The Bertz CT molecular complexity index is 499. The van der Waals surface area contributed by atoms with E-state index in [1.807, 2.05) is 37.1 Å². The lowest BCUT2D eigenvalue weighted by Gasteiger charge is -2.34. The van der Waals surface area contributed by atoms with Gasteiger partial charge in [0.25, 0.3) is 0 Å². The zero-order valence-electron chi connectivity index (χ0n) is 12.7. The molecule has 1 N–H and O–H groups in total. The minimum absolute atomic E-state index is 0.160. The van der Waals surface area contributed by atoms with Gasteiger partial charge in [-0.2, -0.15) is 0 Å². The fraction of sp³-hybridized carbons (Fsp3) is 0.500. The van der Waals surface area contributed by atoms with E-state index in [0.717, 1.165) is 12.2 Å². The van der Waals surface area contributed by atoms with Crippen LogP contribution in [0.25, 0.3) is 0 Å². The Morgan fingerprint density at radius 1 is 1.25 bits per heavy atom. The Morgan fingerprint density at radius 2 is 2.05 bits per heavy atom. The van der Waals surface area contributed by atoms with Gasteiger partial charge >= 0.3 is 0 Å². The molecule has 0 saturated heterocycles. The van der Waals surface area contributed by atoms with Crippen molar-refractivity contribution >= 4 is 0 Å². The second kappa shape index (κ2) is 6.18. The van der Waals surface area contributed by atoms with Crippen molar-refractivity contribution in [3.05, 3.63) is 48.8 Å². The topological polar surface area (TPSA) is 42.7 Å². The second-order valence-corrected chi connectivity index (χ2v) is 6.32. The summed E-state index contributed by atoms with van der Waals surface area (Å²) in [7, 11) is 0. The molecule has 0 aliphatic rings. The summed E-state index contributed by atoms with van der Waals surface area (Å²) in [5, 5.41) is 3.70. The molecule has 0 fully saturated rings. The molecule has 4 heteroatoms. The van der Waals surface area contributed by atoms with Gasteiger partial charge in [0.2, 0.25) is 0 Å². The van der Waals surface area contributed by atoms with Crippen LogP contribution in [0.2, 0.25) is 0 Å². The van der Waals surface area contributed by atoms with Crippen LogP contribution in [-0.2, 0) is 6.54 Å². The van der Waals surface area contributed by atoms with E-state index >= 15 is 0 Å². The average Bonchev–Trinajstić information content (AvgIpc) is 2.91. The number of rotatable bonds is 5. The standard InChI is InChI=1S/C16H24N4/c1-13(14-7-5-6-8-18-14)19-15(16(2,3)4)11-20-10-9-17-12-20/h5-10,12-13,15,19H,11H2,1-4H3. The molecular formula is C16H24N4. The van der Waals surface area contributed by atoms with Crippen LogP contribution in [0.15, 0.2) is 43.1 Å². The van der Waals surface area contributed by atoms with Gasteiger partial charge in [-0.1, -0.05) is 26.8 Å². The predicted molar refractivity (Wildman–Crippen MR) is 81.3 cm³/mol. The molecule has 2 aromatic heterocycles. The molecule has 0 saturated carbocycles. The van der Waals surface area contributed by atoms with Crippen LogP contribution >= 0.6 is 0 Å². The van der Waals surface area contributed by atoms with E-state index < -0.39 is 0 Å². The van der Waals surface area contributed by atoms with Gasteiger partial charge in [0.05, 0.1) is 12.0 Å². The number of aromatic nitrogens is 3. The third-order valence-corrected chi connectivity index (χ3v) is 3.58. The monoisotopic (exact) mass is 272 g/mol. The fourth-order valence-electron chi connectivity index (χ4n) is 2.20. The minimum Gasteiger partial charge on any atom is -0.336 e. The first kappa shape index (κ1) is 14.7. The maximum absolute atomic E-state index is 4.43. The van der Waals surface area contributed by atoms with Crippen LogP contribution in [0.3, 0.4) is 0 Å². The SMILES string of the molecule is CC(NC(Cn1ccnc1)C(C)(C)C)c1ccccn1. The molecule has 20 heavy (non-hydrogen) atoms. The third-order valence-electron chi connectivity index (χ3n) is 3.58. The lowest BCUT2D eigenvalue weighted by molar-refractivity contribution is 0.224. The minimum atomic E-state index is 0.160. The van der Waals surface area contributed by atoms with Crippen LogP contribution < -0.4 is 5.32 Å². The van der Waals surface area contributed by atoms with Crippen LogP contribution in [-0.4, -0.2) is 20.6 Å². The van der Waals surface area contributed by atoms with Crippen LogP contribution in [0.1, 0.15) is 39.4 Å².